The first-order valence-corrected chi connectivity index (χ1v) is 17.2. The molecule has 13 heteroatoms. The fourth-order valence-electron chi connectivity index (χ4n) is 6.41. The van der Waals surface area contributed by atoms with Crippen LogP contribution >= 0.6 is 11.6 Å². The third kappa shape index (κ3) is 6.33. The van der Waals surface area contributed by atoms with Gasteiger partial charge >= 0.3 is 10.2 Å². The van der Waals surface area contributed by atoms with Crippen LogP contribution in [0.4, 0.5) is 21.6 Å². The van der Waals surface area contributed by atoms with Crippen molar-refractivity contribution in [3.8, 4) is 11.3 Å². The fourth-order valence-corrected chi connectivity index (χ4v) is 7.99. The Labute approximate surface area is 281 Å². The second-order valence-corrected chi connectivity index (χ2v) is 14.7. The van der Waals surface area contributed by atoms with Gasteiger partial charge in [0, 0.05) is 37.4 Å². The minimum absolute atomic E-state index is 0.0123. The molecule has 2 atom stereocenters. The van der Waals surface area contributed by atoms with Crippen LogP contribution in [0, 0.1) is 12.7 Å². The Kier molecular flexibility index (Phi) is 9.42. The largest absolute Gasteiger partial charge is 0.398 e. The number of anilines is 3. The molecule has 1 aromatic heterocycles. The number of nitrogens with two attached hydrogens (primary N) is 1. The van der Waals surface area contributed by atoms with E-state index in [2.05, 4.69) is 11.0 Å². The molecule has 0 bridgehead atoms. The number of carbonyl (C=O) groups excluding carboxylic acids is 1. The number of hydrogen-bond acceptors (Lipinski definition) is 7. The number of rotatable bonds is 6. The van der Waals surface area contributed by atoms with Gasteiger partial charge in [0.2, 0.25) is 5.91 Å². The molecule has 0 spiro atoms. The lowest BCUT2D eigenvalue weighted by atomic mass is 9.94. The highest BCUT2D eigenvalue weighted by molar-refractivity contribution is 7.92. The SMILES string of the molecule is C=CC(=O)N1C[C@H](C)N(C2=NS(=O)(=O)N(c3c(C)cc(CN(C)C)cc3C(C)C)c3nc(-c4c(N)cccc4F)c(Cl)cc32)C[C@H]1C. The van der Waals surface area contributed by atoms with Crippen LogP contribution in [-0.2, 0) is 21.5 Å². The molecule has 2 aliphatic rings. The topological polar surface area (TPSA) is 115 Å². The molecule has 0 saturated carbocycles. The zero-order valence-corrected chi connectivity index (χ0v) is 29.3. The third-order valence-electron chi connectivity index (χ3n) is 8.53. The Morgan fingerprint density at radius 3 is 2.51 bits per heavy atom. The number of aromatic nitrogens is 1. The van der Waals surface area contributed by atoms with Crippen molar-refractivity contribution in [3.05, 3.63) is 82.1 Å². The molecular formula is C34H41ClFN7O3S. The van der Waals surface area contributed by atoms with Gasteiger partial charge in [-0.1, -0.05) is 50.2 Å². The lowest BCUT2D eigenvalue weighted by Crippen LogP contribution is -2.60. The summed E-state index contributed by atoms with van der Waals surface area (Å²) in [7, 11) is -0.527. The van der Waals surface area contributed by atoms with Gasteiger partial charge in [0.15, 0.2) is 11.7 Å². The number of hydrogen-bond donors (Lipinski definition) is 1. The Morgan fingerprint density at radius 2 is 1.89 bits per heavy atom. The second kappa shape index (κ2) is 12.9. The molecule has 1 saturated heterocycles. The number of benzene rings is 2. The highest BCUT2D eigenvalue weighted by Gasteiger charge is 2.42. The molecular weight excluding hydrogens is 641 g/mol. The molecule has 47 heavy (non-hydrogen) atoms. The van der Waals surface area contributed by atoms with Crippen LogP contribution in [0.3, 0.4) is 0 Å². The molecule has 2 N–H and O–H groups in total. The molecule has 250 valence electrons. The maximum absolute atomic E-state index is 15.3. The minimum atomic E-state index is -4.47. The lowest BCUT2D eigenvalue weighted by molar-refractivity contribution is -0.130. The predicted octanol–water partition coefficient (Wildman–Crippen LogP) is 5.87. The molecule has 2 aromatic carbocycles. The average Bonchev–Trinajstić information content (AvgIpc) is 2.97. The highest BCUT2D eigenvalue weighted by atomic mass is 35.5. The van der Waals surface area contributed by atoms with Crippen molar-refractivity contribution in [1.29, 1.82) is 0 Å². The summed E-state index contributed by atoms with van der Waals surface area (Å²) in [5.74, 6) is -0.736. The summed E-state index contributed by atoms with van der Waals surface area (Å²) in [5.41, 5.74) is 9.63. The number of halogens is 2. The first-order valence-electron chi connectivity index (χ1n) is 15.4. The van der Waals surface area contributed by atoms with E-state index in [1.807, 2.05) is 70.6 Å². The van der Waals surface area contributed by atoms with Crippen LogP contribution in [0.25, 0.3) is 11.3 Å². The molecule has 5 rings (SSSR count). The van der Waals surface area contributed by atoms with Crippen molar-refractivity contribution < 1.29 is 17.6 Å². The van der Waals surface area contributed by atoms with E-state index in [-0.39, 0.29) is 57.5 Å². The number of carbonyl (C=O) groups is 1. The van der Waals surface area contributed by atoms with Crippen LogP contribution in [-0.4, -0.2) is 79.1 Å². The predicted molar refractivity (Wildman–Crippen MR) is 187 cm³/mol. The van der Waals surface area contributed by atoms with Gasteiger partial charge < -0.3 is 20.4 Å². The van der Waals surface area contributed by atoms with E-state index in [9.17, 15) is 13.2 Å². The van der Waals surface area contributed by atoms with Crippen LogP contribution in [0.15, 0.2) is 53.5 Å². The van der Waals surface area contributed by atoms with Crippen LogP contribution in [0.5, 0.6) is 0 Å². The van der Waals surface area contributed by atoms with Gasteiger partial charge in [0.1, 0.15) is 5.82 Å². The van der Waals surface area contributed by atoms with E-state index in [0.717, 1.165) is 15.4 Å². The van der Waals surface area contributed by atoms with Crippen molar-refractivity contribution >= 4 is 50.7 Å². The molecule has 1 fully saturated rings. The second-order valence-electron chi connectivity index (χ2n) is 12.8. The highest BCUT2D eigenvalue weighted by Crippen LogP contribution is 2.45. The van der Waals surface area contributed by atoms with Crippen molar-refractivity contribution in [2.24, 2.45) is 4.40 Å². The number of pyridine rings is 1. The summed E-state index contributed by atoms with van der Waals surface area (Å²) >= 11 is 6.84. The van der Waals surface area contributed by atoms with Gasteiger partial charge in [-0.05, 0) is 81.7 Å². The minimum Gasteiger partial charge on any atom is -0.398 e. The summed E-state index contributed by atoms with van der Waals surface area (Å²) in [6.45, 7) is 14.5. The Hall–Kier alpha value is -4.00. The first kappa shape index (κ1) is 34.3. The van der Waals surface area contributed by atoms with E-state index in [4.69, 9.17) is 22.3 Å². The maximum Gasteiger partial charge on any atom is 0.352 e. The zero-order valence-electron chi connectivity index (χ0n) is 27.8. The van der Waals surface area contributed by atoms with Crippen molar-refractivity contribution in [3.63, 3.8) is 0 Å². The van der Waals surface area contributed by atoms with Crippen molar-refractivity contribution in [2.45, 2.75) is 59.2 Å². The van der Waals surface area contributed by atoms with E-state index in [1.165, 1.54) is 24.3 Å². The number of nitrogen functional groups attached to an aromatic ring is 1. The van der Waals surface area contributed by atoms with Crippen molar-refractivity contribution in [1.82, 2.24) is 19.7 Å². The van der Waals surface area contributed by atoms with E-state index >= 15 is 4.39 Å². The van der Waals surface area contributed by atoms with Gasteiger partial charge in [0.25, 0.3) is 0 Å². The maximum atomic E-state index is 15.3. The van der Waals surface area contributed by atoms with Gasteiger partial charge in [-0.3, -0.25) is 4.79 Å². The molecule has 0 aliphatic carbocycles. The molecule has 3 aromatic rings. The first-order chi connectivity index (χ1) is 22.0. The summed E-state index contributed by atoms with van der Waals surface area (Å²) in [4.78, 5) is 23.0. The Balaban J connectivity index is 1.80. The molecule has 1 amide bonds. The summed E-state index contributed by atoms with van der Waals surface area (Å²) in [6, 6.07) is 9.22. The van der Waals surface area contributed by atoms with E-state index in [1.54, 1.807) is 11.0 Å². The quantitative estimate of drug-likeness (QED) is 0.256. The van der Waals surface area contributed by atoms with E-state index in [0.29, 0.717) is 36.4 Å². The molecule has 0 unspecified atom stereocenters. The van der Waals surface area contributed by atoms with Crippen molar-refractivity contribution in [2.75, 3.05) is 37.2 Å². The number of aryl methyl sites for hydroxylation is 1. The van der Waals surface area contributed by atoms with Crippen LogP contribution < -0.4 is 10.0 Å². The Morgan fingerprint density at radius 1 is 1.19 bits per heavy atom. The van der Waals surface area contributed by atoms with Crippen LogP contribution in [0.1, 0.15) is 55.9 Å². The Bertz CT molecular complexity index is 1880. The van der Waals surface area contributed by atoms with Gasteiger partial charge in [-0.15, -0.1) is 4.40 Å². The van der Waals surface area contributed by atoms with Gasteiger partial charge in [-0.2, -0.15) is 8.42 Å². The average molecular weight is 682 g/mol. The number of amidine groups is 1. The number of fused-ring (bicyclic) bond motifs is 1. The summed E-state index contributed by atoms with van der Waals surface area (Å²) in [6.07, 6.45) is 1.27. The number of nitrogens with zero attached hydrogens (tertiary/aromatic N) is 6. The molecule has 10 nitrogen and oxygen atoms in total. The number of amides is 1. The number of piperazine rings is 1. The van der Waals surface area contributed by atoms with Gasteiger partial charge in [0.05, 0.1) is 27.5 Å². The lowest BCUT2D eigenvalue weighted by Gasteiger charge is -2.46. The molecule has 0 radical (unpaired) electrons. The smallest absolute Gasteiger partial charge is 0.352 e. The summed E-state index contributed by atoms with van der Waals surface area (Å²) in [5, 5.41) is 0.0795. The third-order valence-corrected chi connectivity index (χ3v) is 10.0. The monoisotopic (exact) mass is 681 g/mol. The van der Waals surface area contributed by atoms with E-state index < -0.39 is 16.0 Å². The molecule has 3 heterocycles. The zero-order chi connectivity index (χ0) is 34.5. The molecule has 2 aliphatic heterocycles. The summed E-state index contributed by atoms with van der Waals surface area (Å²) < 4.78 is 49.9. The standard InChI is InChI=1S/C34H41ClFN7O3S/c1-9-29(44)41-16-22(6)42(17-21(41)5)34-25-15-26(35)31(30-27(36)11-10-12-28(30)37)38-33(25)43(47(45,46)39-34)32-20(4)13-23(18-40(7)8)14-24(32)19(2)3/h9-15,19,21-22H,1,16-18,37H2,2-8H3/t21-,22+/m1/s1. The van der Waals surface area contributed by atoms with Crippen LogP contribution in [0.2, 0.25) is 5.02 Å². The fraction of sp³-hybridized carbons (Fsp3) is 0.382. The van der Waals surface area contributed by atoms with Gasteiger partial charge in [-0.25, -0.2) is 13.7 Å². The normalized spacial score (nSPS) is 19.2.